The second-order valence-corrected chi connectivity index (χ2v) is 4.42. The predicted octanol–water partition coefficient (Wildman–Crippen LogP) is 2.37. The summed E-state index contributed by atoms with van der Waals surface area (Å²) >= 11 is 1.85. The highest BCUT2D eigenvalue weighted by Gasteiger charge is 2.31. The normalized spacial score (nSPS) is 36.9. The molecule has 0 amide bonds. The quantitative estimate of drug-likeness (QED) is 0.552. The summed E-state index contributed by atoms with van der Waals surface area (Å²) in [6.45, 7) is 0. The number of hydrogen-bond acceptors (Lipinski definition) is 2. The highest BCUT2D eigenvalue weighted by molar-refractivity contribution is 8.02. The largest absolute Gasteiger partial charge is 0.294 e. The van der Waals surface area contributed by atoms with E-state index < -0.39 is 0 Å². The van der Waals surface area contributed by atoms with E-state index >= 15 is 0 Å². The number of carbonyl (C=O) groups excluding carboxylic acids is 1. The maximum Gasteiger partial charge on any atom is 0.160 e. The molecule has 0 spiro atoms. The standard InChI is InChI=1S/C9H12OS/c10-8-5-6-11-9-4-2-1-3-7(8)9/h5-7,9H,1-4H2. The Bertz CT molecular complexity index is 198. The zero-order chi connectivity index (χ0) is 7.68. The van der Waals surface area contributed by atoms with Crippen LogP contribution in [0.5, 0.6) is 0 Å². The zero-order valence-electron chi connectivity index (χ0n) is 6.45. The van der Waals surface area contributed by atoms with Crippen molar-refractivity contribution < 1.29 is 4.79 Å². The molecule has 2 unspecified atom stereocenters. The van der Waals surface area contributed by atoms with Gasteiger partial charge in [0, 0.05) is 11.2 Å². The van der Waals surface area contributed by atoms with Gasteiger partial charge in [-0.3, -0.25) is 4.79 Å². The van der Waals surface area contributed by atoms with Crippen LogP contribution in [0.15, 0.2) is 11.5 Å². The summed E-state index contributed by atoms with van der Waals surface area (Å²) in [5.74, 6) is 0.729. The predicted molar refractivity (Wildman–Crippen MR) is 47.5 cm³/mol. The lowest BCUT2D eigenvalue weighted by molar-refractivity contribution is -0.118. The summed E-state index contributed by atoms with van der Waals surface area (Å²) in [5.41, 5.74) is 0. The van der Waals surface area contributed by atoms with E-state index in [2.05, 4.69) is 0 Å². The van der Waals surface area contributed by atoms with E-state index in [1.807, 2.05) is 17.2 Å². The van der Waals surface area contributed by atoms with Crippen LogP contribution < -0.4 is 0 Å². The van der Waals surface area contributed by atoms with Gasteiger partial charge in [-0.15, -0.1) is 11.8 Å². The Labute approximate surface area is 71.2 Å². The summed E-state index contributed by atoms with van der Waals surface area (Å²) in [4.78, 5) is 11.3. The van der Waals surface area contributed by atoms with Crippen molar-refractivity contribution in [3.63, 3.8) is 0 Å². The van der Waals surface area contributed by atoms with Crippen molar-refractivity contribution in [1.29, 1.82) is 0 Å². The molecule has 0 saturated heterocycles. The van der Waals surface area contributed by atoms with Gasteiger partial charge >= 0.3 is 0 Å². The van der Waals surface area contributed by atoms with Gasteiger partial charge in [-0.25, -0.2) is 0 Å². The molecule has 0 aromatic heterocycles. The van der Waals surface area contributed by atoms with E-state index in [4.69, 9.17) is 0 Å². The van der Waals surface area contributed by atoms with Gasteiger partial charge in [-0.05, 0) is 24.3 Å². The molecule has 2 aliphatic rings. The molecule has 1 aliphatic carbocycles. The van der Waals surface area contributed by atoms with E-state index in [-0.39, 0.29) is 0 Å². The topological polar surface area (TPSA) is 17.1 Å². The molecule has 0 aromatic carbocycles. The molecule has 2 rings (SSSR count). The van der Waals surface area contributed by atoms with Crippen LogP contribution in [0.2, 0.25) is 0 Å². The second-order valence-electron chi connectivity index (χ2n) is 3.27. The molecule has 0 N–H and O–H groups in total. The number of ketones is 1. The lowest BCUT2D eigenvalue weighted by Gasteiger charge is -2.30. The molecular formula is C9H12OS. The van der Waals surface area contributed by atoms with Gasteiger partial charge in [0.25, 0.3) is 0 Å². The van der Waals surface area contributed by atoms with Gasteiger partial charge in [0.15, 0.2) is 5.78 Å². The Balaban J connectivity index is 2.14. The molecule has 1 nitrogen and oxygen atoms in total. The summed E-state index contributed by atoms with van der Waals surface area (Å²) in [6, 6.07) is 0. The fraction of sp³-hybridized carbons (Fsp3) is 0.667. The smallest absolute Gasteiger partial charge is 0.160 e. The van der Waals surface area contributed by atoms with Crippen LogP contribution in [0.1, 0.15) is 25.7 Å². The molecule has 0 bridgehead atoms. The van der Waals surface area contributed by atoms with Crippen molar-refractivity contribution in [1.82, 2.24) is 0 Å². The summed E-state index contributed by atoms with van der Waals surface area (Å²) in [6.07, 6.45) is 6.68. The van der Waals surface area contributed by atoms with E-state index in [0.29, 0.717) is 17.0 Å². The summed E-state index contributed by atoms with van der Waals surface area (Å²) in [5, 5.41) is 2.58. The van der Waals surface area contributed by atoms with Crippen molar-refractivity contribution in [2.24, 2.45) is 5.92 Å². The molecule has 1 aliphatic heterocycles. The molecule has 0 radical (unpaired) electrons. The average Bonchev–Trinajstić information content (AvgIpc) is 2.06. The first-order chi connectivity index (χ1) is 5.38. The molecule has 0 aromatic rings. The number of allylic oxidation sites excluding steroid dienone is 1. The molecular weight excluding hydrogens is 156 g/mol. The van der Waals surface area contributed by atoms with E-state index in [0.717, 1.165) is 6.42 Å². The van der Waals surface area contributed by atoms with Crippen molar-refractivity contribution in [2.75, 3.05) is 0 Å². The van der Waals surface area contributed by atoms with Crippen LogP contribution in [0, 0.1) is 5.92 Å². The molecule has 60 valence electrons. The van der Waals surface area contributed by atoms with Gasteiger partial charge in [0.2, 0.25) is 0 Å². The molecule has 1 saturated carbocycles. The minimum absolute atomic E-state index is 0.360. The van der Waals surface area contributed by atoms with Gasteiger partial charge in [0.1, 0.15) is 0 Å². The van der Waals surface area contributed by atoms with Crippen LogP contribution in [0.3, 0.4) is 0 Å². The third-order valence-corrected chi connectivity index (χ3v) is 3.76. The lowest BCUT2D eigenvalue weighted by Crippen LogP contribution is -2.29. The number of fused-ring (bicyclic) bond motifs is 1. The van der Waals surface area contributed by atoms with Crippen molar-refractivity contribution in [3.8, 4) is 0 Å². The number of hydrogen-bond donors (Lipinski definition) is 0. The molecule has 2 heteroatoms. The van der Waals surface area contributed by atoms with E-state index in [1.54, 1.807) is 6.08 Å². The zero-order valence-corrected chi connectivity index (χ0v) is 7.27. The number of thioether (sulfide) groups is 1. The maximum atomic E-state index is 11.3. The second kappa shape index (κ2) is 3.02. The Morgan fingerprint density at radius 3 is 3.00 bits per heavy atom. The minimum atomic E-state index is 0.360. The molecule has 1 heterocycles. The Morgan fingerprint density at radius 1 is 1.36 bits per heavy atom. The third kappa shape index (κ3) is 1.36. The lowest BCUT2D eigenvalue weighted by atomic mass is 9.85. The van der Waals surface area contributed by atoms with Crippen molar-refractivity contribution >= 4 is 17.5 Å². The SMILES string of the molecule is O=C1C=CSC2CCCCC12. The third-order valence-electron chi connectivity index (χ3n) is 2.55. The van der Waals surface area contributed by atoms with E-state index in [1.165, 1.54) is 19.3 Å². The monoisotopic (exact) mass is 168 g/mol. The van der Waals surface area contributed by atoms with Crippen LogP contribution in [-0.4, -0.2) is 11.0 Å². The Hall–Kier alpha value is -0.240. The first-order valence-corrected chi connectivity index (χ1v) is 5.18. The molecule has 2 atom stereocenters. The minimum Gasteiger partial charge on any atom is -0.294 e. The highest BCUT2D eigenvalue weighted by atomic mass is 32.2. The number of rotatable bonds is 0. The van der Waals surface area contributed by atoms with Gasteiger partial charge < -0.3 is 0 Å². The molecule has 1 fully saturated rings. The Kier molecular flexibility index (Phi) is 2.03. The van der Waals surface area contributed by atoms with Crippen LogP contribution in [-0.2, 0) is 4.79 Å². The first kappa shape index (κ1) is 7.41. The van der Waals surface area contributed by atoms with E-state index in [9.17, 15) is 4.79 Å². The van der Waals surface area contributed by atoms with Crippen LogP contribution in [0.25, 0.3) is 0 Å². The number of carbonyl (C=O) groups is 1. The summed E-state index contributed by atoms with van der Waals surface area (Å²) < 4.78 is 0. The van der Waals surface area contributed by atoms with Gasteiger partial charge in [0.05, 0.1) is 0 Å². The average molecular weight is 168 g/mol. The first-order valence-electron chi connectivity index (χ1n) is 4.24. The Morgan fingerprint density at radius 2 is 2.18 bits per heavy atom. The fourth-order valence-corrected chi connectivity index (χ4v) is 3.09. The maximum absolute atomic E-state index is 11.3. The highest BCUT2D eigenvalue weighted by Crippen LogP contribution is 2.37. The van der Waals surface area contributed by atoms with Crippen LogP contribution in [0.4, 0.5) is 0 Å². The van der Waals surface area contributed by atoms with Crippen molar-refractivity contribution in [2.45, 2.75) is 30.9 Å². The van der Waals surface area contributed by atoms with Gasteiger partial charge in [-0.2, -0.15) is 0 Å². The van der Waals surface area contributed by atoms with Crippen molar-refractivity contribution in [3.05, 3.63) is 11.5 Å². The fourth-order valence-electron chi connectivity index (χ4n) is 1.92. The molecule has 11 heavy (non-hydrogen) atoms. The van der Waals surface area contributed by atoms with Gasteiger partial charge in [-0.1, -0.05) is 12.8 Å². The summed E-state index contributed by atoms with van der Waals surface area (Å²) in [7, 11) is 0. The van der Waals surface area contributed by atoms with Crippen LogP contribution >= 0.6 is 11.8 Å².